The zero-order valence-electron chi connectivity index (χ0n) is 10.5. The lowest BCUT2D eigenvalue weighted by atomic mass is 9.99. The van der Waals surface area contributed by atoms with Gasteiger partial charge in [0.25, 0.3) is 0 Å². The summed E-state index contributed by atoms with van der Waals surface area (Å²) in [6, 6.07) is 11.1. The van der Waals surface area contributed by atoms with Crippen LogP contribution in [-0.4, -0.2) is 6.04 Å². The summed E-state index contributed by atoms with van der Waals surface area (Å²) in [4.78, 5) is 0. The molecule has 0 radical (unpaired) electrons. The average molecular weight is 230 g/mol. The molecular weight excluding hydrogens is 208 g/mol. The molecule has 0 saturated heterocycles. The van der Waals surface area contributed by atoms with Gasteiger partial charge in [0, 0.05) is 6.04 Å². The minimum Gasteiger partial charge on any atom is -0.271 e. The van der Waals surface area contributed by atoms with Crippen LogP contribution in [0.1, 0.15) is 37.7 Å². The first-order valence-corrected chi connectivity index (χ1v) is 6.44. The monoisotopic (exact) mass is 230 g/mol. The van der Waals surface area contributed by atoms with Crippen LogP contribution in [0.2, 0.25) is 0 Å². The van der Waals surface area contributed by atoms with Crippen molar-refractivity contribution in [2.24, 2.45) is 11.8 Å². The highest BCUT2D eigenvalue weighted by atomic mass is 15.2. The SMILES string of the molecule is C=C(CC)CC(NN)C1CC1c1ccccc1. The number of hydrazine groups is 1. The van der Waals surface area contributed by atoms with Crippen molar-refractivity contribution >= 4 is 0 Å². The maximum Gasteiger partial charge on any atom is 0.0281 e. The van der Waals surface area contributed by atoms with Gasteiger partial charge >= 0.3 is 0 Å². The third kappa shape index (κ3) is 2.96. The van der Waals surface area contributed by atoms with Gasteiger partial charge < -0.3 is 0 Å². The fourth-order valence-corrected chi connectivity index (χ4v) is 2.53. The van der Waals surface area contributed by atoms with Crippen LogP contribution >= 0.6 is 0 Å². The van der Waals surface area contributed by atoms with Crippen molar-refractivity contribution in [1.29, 1.82) is 0 Å². The number of rotatable bonds is 6. The molecule has 0 spiro atoms. The van der Waals surface area contributed by atoms with Gasteiger partial charge in [-0.05, 0) is 36.7 Å². The number of nitrogens with one attached hydrogen (secondary N) is 1. The smallest absolute Gasteiger partial charge is 0.0281 e. The molecule has 2 heteroatoms. The zero-order chi connectivity index (χ0) is 12.3. The number of nitrogens with two attached hydrogens (primary N) is 1. The quantitative estimate of drug-likeness (QED) is 0.448. The van der Waals surface area contributed by atoms with Crippen LogP contribution in [0.5, 0.6) is 0 Å². The Morgan fingerprint density at radius 3 is 2.76 bits per heavy atom. The lowest BCUT2D eigenvalue weighted by molar-refractivity contribution is 0.460. The Bertz CT molecular complexity index is 372. The van der Waals surface area contributed by atoms with Gasteiger partial charge in [-0.3, -0.25) is 11.3 Å². The molecule has 0 heterocycles. The molecule has 1 fully saturated rings. The second kappa shape index (κ2) is 5.48. The Balaban J connectivity index is 1.94. The van der Waals surface area contributed by atoms with E-state index in [0.29, 0.717) is 17.9 Å². The van der Waals surface area contributed by atoms with Gasteiger partial charge in [-0.25, -0.2) is 0 Å². The summed E-state index contributed by atoms with van der Waals surface area (Å²) < 4.78 is 0. The molecule has 92 valence electrons. The summed E-state index contributed by atoms with van der Waals surface area (Å²) in [5.74, 6) is 7.02. The molecule has 3 unspecified atom stereocenters. The number of hydrogen-bond donors (Lipinski definition) is 2. The summed E-state index contributed by atoms with van der Waals surface area (Å²) >= 11 is 0. The lowest BCUT2D eigenvalue weighted by Crippen LogP contribution is -2.37. The first-order valence-electron chi connectivity index (χ1n) is 6.44. The molecule has 0 aromatic heterocycles. The van der Waals surface area contributed by atoms with Gasteiger partial charge in [-0.15, -0.1) is 0 Å². The van der Waals surface area contributed by atoms with Crippen LogP contribution in [0.25, 0.3) is 0 Å². The molecular formula is C15H22N2. The lowest BCUT2D eigenvalue weighted by Gasteiger charge is -2.16. The average Bonchev–Trinajstić information content (AvgIpc) is 3.17. The predicted molar refractivity (Wildman–Crippen MR) is 72.4 cm³/mol. The third-order valence-corrected chi connectivity index (χ3v) is 3.81. The Morgan fingerprint density at radius 1 is 1.47 bits per heavy atom. The highest BCUT2D eigenvalue weighted by Gasteiger charge is 2.43. The van der Waals surface area contributed by atoms with Crippen molar-refractivity contribution in [3.8, 4) is 0 Å². The van der Waals surface area contributed by atoms with Crippen LogP contribution < -0.4 is 11.3 Å². The minimum atomic E-state index is 0.382. The minimum absolute atomic E-state index is 0.382. The van der Waals surface area contributed by atoms with Gasteiger partial charge in [0.1, 0.15) is 0 Å². The molecule has 0 amide bonds. The maximum atomic E-state index is 5.67. The fourth-order valence-electron chi connectivity index (χ4n) is 2.53. The summed E-state index contributed by atoms with van der Waals surface area (Å²) in [6.45, 7) is 6.22. The van der Waals surface area contributed by atoms with Gasteiger partial charge in [-0.1, -0.05) is 49.4 Å². The van der Waals surface area contributed by atoms with Crippen molar-refractivity contribution in [2.45, 2.75) is 38.1 Å². The third-order valence-electron chi connectivity index (χ3n) is 3.81. The standard InChI is InChI=1S/C15H22N2/c1-3-11(2)9-15(17-16)14-10-13(14)12-7-5-4-6-8-12/h4-8,13-15,17H,2-3,9-10,16H2,1H3. The van der Waals surface area contributed by atoms with E-state index in [2.05, 4.69) is 49.3 Å². The molecule has 1 aliphatic carbocycles. The summed E-state index contributed by atoms with van der Waals surface area (Å²) in [7, 11) is 0. The van der Waals surface area contributed by atoms with Gasteiger partial charge in [-0.2, -0.15) is 0 Å². The van der Waals surface area contributed by atoms with Crippen LogP contribution in [0.15, 0.2) is 42.5 Å². The molecule has 0 bridgehead atoms. The van der Waals surface area contributed by atoms with Crippen molar-refractivity contribution in [3.05, 3.63) is 48.0 Å². The van der Waals surface area contributed by atoms with E-state index in [4.69, 9.17) is 5.84 Å². The van der Waals surface area contributed by atoms with E-state index < -0.39 is 0 Å². The van der Waals surface area contributed by atoms with E-state index in [-0.39, 0.29) is 0 Å². The second-order valence-corrected chi connectivity index (χ2v) is 5.00. The van der Waals surface area contributed by atoms with E-state index in [1.807, 2.05) is 0 Å². The van der Waals surface area contributed by atoms with E-state index in [0.717, 1.165) is 12.8 Å². The fraction of sp³-hybridized carbons (Fsp3) is 0.467. The number of hydrogen-bond acceptors (Lipinski definition) is 2. The number of benzene rings is 1. The molecule has 0 aliphatic heterocycles. The Hall–Kier alpha value is -1.12. The summed E-state index contributed by atoms with van der Waals surface area (Å²) in [5.41, 5.74) is 5.70. The van der Waals surface area contributed by atoms with E-state index in [1.165, 1.54) is 17.6 Å². The van der Waals surface area contributed by atoms with Crippen LogP contribution in [-0.2, 0) is 0 Å². The zero-order valence-corrected chi connectivity index (χ0v) is 10.5. The molecule has 3 N–H and O–H groups in total. The van der Waals surface area contributed by atoms with Crippen LogP contribution in [0, 0.1) is 5.92 Å². The van der Waals surface area contributed by atoms with E-state index in [1.54, 1.807) is 0 Å². The van der Waals surface area contributed by atoms with Crippen LogP contribution in [0.3, 0.4) is 0 Å². The Morgan fingerprint density at radius 2 is 2.18 bits per heavy atom. The van der Waals surface area contributed by atoms with Crippen molar-refractivity contribution < 1.29 is 0 Å². The van der Waals surface area contributed by atoms with Gasteiger partial charge in [0.2, 0.25) is 0 Å². The summed E-state index contributed by atoms with van der Waals surface area (Å²) in [5, 5.41) is 0. The molecule has 1 aromatic carbocycles. The molecule has 1 aromatic rings. The van der Waals surface area contributed by atoms with E-state index in [9.17, 15) is 0 Å². The van der Waals surface area contributed by atoms with Crippen molar-refractivity contribution in [2.75, 3.05) is 0 Å². The molecule has 1 saturated carbocycles. The van der Waals surface area contributed by atoms with Gasteiger partial charge in [0.15, 0.2) is 0 Å². The highest BCUT2D eigenvalue weighted by Crippen LogP contribution is 2.50. The Kier molecular flexibility index (Phi) is 3.97. The first kappa shape index (κ1) is 12.3. The molecule has 17 heavy (non-hydrogen) atoms. The van der Waals surface area contributed by atoms with Crippen molar-refractivity contribution in [3.63, 3.8) is 0 Å². The predicted octanol–water partition coefficient (Wildman–Crippen LogP) is 2.98. The molecule has 2 nitrogen and oxygen atoms in total. The Labute approximate surface area is 104 Å². The highest BCUT2D eigenvalue weighted by molar-refractivity contribution is 5.27. The molecule has 3 atom stereocenters. The van der Waals surface area contributed by atoms with E-state index >= 15 is 0 Å². The maximum absolute atomic E-state index is 5.67. The molecule has 1 aliphatic rings. The summed E-state index contributed by atoms with van der Waals surface area (Å²) in [6.07, 6.45) is 3.29. The molecule has 2 rings (SSSR count). The van der Waals surface area contributed by atoms with Crippen LogP contribution in [0.4, 0.5) is 0 Å². The normalized spacial score (nSPS) is 24.4. The van der Waals surface area contributed by atoms with Gasteiger partial charge in [0.05, 0.1) is 0 Å². The topological polar surface area (TPSA) is 38.0 Å². The largest absolute Gasteiger partial charge is 0.271 e. The second-order valence-electron chi connectivity index (χ2n) is 5.00. The first-order chi connectivity index (χ1) is 8.26. The van der Waals surface area contributed by atoms with Crippen molar-refractivity contribution in [1.82, 2.24) is 5.43 Å².